The van der Waals surface area contributed by atoms with Gasteiger partial charge in [-0.25, -0.2) is 22.0 Å². The molecule has 1 heterocycles. The van der Waals surface area contributed by atoms with Gasteiger partial charge in [0.05, 0.1) is 11.5 Å². The molecule has 172 valence electrons. The zero-order chi connectivity index (χ0) is 22.9. The van der Waals surface area contributed by atoms with Crippen LogP contribution < -0.4 is 16.0 Å². The van der Waals surface area contributed by atoms with E-state index in [0.717, 1.165) is 4.57 Å². The van der Waals surface area contributed by atoms with Gasteiger partial charge in [-0.1, -0.05) is 19.1 Å². The second kappa shape index (κ2) is 11.8. The van der Waals surface area contributed by atoms with Crippen LogP contribution in [-0.2, 0) is 21.3 Å². The second-order valence-corrected chi connectivity index (χ2v) is 9.34. The third kappa shape index (κ3) is 8.25. The Bertz CT molecular complexity index is 1050. The molecule has 1 N–H and O–H groups in total. The molecule has 0 radical (unpaired) electrons. The van der Waals surface area contributed by atoms with Gasteiger partial charge in [0.25, 0.3) is 5.56 Å². The number of alkyl halides is 2. The number of nitrogens with one attached hydrogen (secondary N) is 1. The maximum atomic E-state index is 12.6. The molecule has 0 spiro atoms. The summed E-state index contributed by atoms with van der Waals surface area (Å²) >= 11 is 0. The standard InChI is InChI=1S/C20H26F2N2O6S/c1-15(16-4-2-5-17(10-16)30-18(11-21)12-22)13-31(27,28)9-3-8-29-14-24-7-6-19(25)23-20(24)26/h2,4-7,10,15,18H,3,8-9,11-14H2,1H3,(H,23,25,26)/t15-/m0/s1. The summed E-state index contributed by atoms with van der Waals surface area (Å²) in [4.78, 5) is 24.6. The largest absolute Gasteiger partial charge is 0.485 e. The van der Waals surface area contributed by atoms with E-state index >= 15 is 0 Å². The number of H-pyrrole nitrogens is 1. The monoisotopic (exact) mass is 460 g/mol. The van der Waals surface area contributed by atoms with E-state index in [1.54, 1.807) is 31.2 Å². The van der Waals surface area contributed by atoms with Crippen molar-refractivity contribution in [2.24, 2.45) is 0 Å². The van der Waals surface area contributed by atoms with Crippen molar-refractivity contribution in [1.82, 2.24) is 9.55 Å². The van der Waals surface area contributed by atoms with E-state index in [9.17, 15) is 26.8 Å². The van der Waals surface area contributed by atoms with Crippen LogP contribution in [-0.4, -0.2) is 55.5 Å². The van der Waals surface area contributed by atoms with Crippen LogP contribution in [0.5, 0.6) is 5.75 Å². The van der Waals surface area contributed by atoms with E-state index in [1.807, 2.05) is 0 Å². The molecular formula is C20H26F2N2O6S. The van der Waals surface area contributed by atoms with Crippen molar-refractivity contribution in [3.05, 3.63) is 62.9 Å². The number of rotatable bonds is 13. The van der Waals surface area contributed by atoms with Gasteiger partial charge in [0.2, 0.25) is 0 Å². The van der Waals surface area contributed by atoms with Gasteiger partial charge in [-0.3, -0.25) is 14.3 Å². The molecule has 1 atom stereocenters. The molecule has 1 aromatic carbocycles. The Labute approximate surface area is 178 Å². The van der Waals surface area contributed by atoms with Crippen LogP contribution in [0, 0.1) is 0 Å². The van der Waals surface area contributed by atoms with E-state index in [4.69, 9.17) is 9.47 Å². The summed E-state index contributed by atoms with van der Waals surface area (Å²) in [5.74, 6) is -0.262. The van der Waals surface area contributed by atoms with Crippen molar-refractivity contribution >= 4 is 9.84 Å². The summed E-state index contributed by atoms with van der Waals surface area (Å²) in [7, 11) is -3.39. The number of aromatic amines is 1. The average molecular weight is 460 g/mol. The van der Waals surface area contributed by atoms with Crippen molar-refractivity contribution < 1.29 is 26.7 Å². The van der Waals surface area contributed by atoms with E-state index < -0.39 is 40.5 Å². The molecule has 8 nitrogen and oxygen atoms in total. The zero-order valence-corrected chi connectivity index (χ0v) is 17.9. The molecule has 0 bridgehead atoms. The zero-order valence-electron chi connectivity index (χ0n) is 17.1. The van der Waals surface area contributed by atoms with Gasteiger partial charge in [0, 0.05) is 18.9 Å². The molecular weight excluding hydrogens is 434 g/mol. The van der Waals surface area contributed by atoms with Crippen LogP contribution >= 0.6 is 0 Å². The van der Waals surface area contributed by atoms with Crippen LogP contribution in [0.25, 0.3) is 0 Å². The molecule has 0 fully saturated rings. The van der Waals surface area contributed by atoms with Crippen LogP contribution in [0.4, 0.5) is 8.78 Å². The Balaban J connectivity index is 1.82. The number of hydrogen-bond acceptors (Lipinski definition) is 6. The van der Waals surface area contributed by atoms with E-state index in [0.29, 0.717) is 5.56 Å². The Morgan fingerprint density at radius 2 is 1.90 bits per heavy atom. The molecule has 2 aromatic rings. The highest BCUT2D eigenvalue weighted by atomic mass is 32.2. The van der Waals surface area contributed by atoms with Gasteiger partial charge in [0.1, 0.15) is 25.8 Å². The first-order chi connectivity index (χ1) is 14.7. The summed E-state index contributed by atoms with van der Waals surface area (Å²) in [5, 5.41) is 0. The lowest BCUT2D eigenvalue weighted by atomic mass is 10.0. The SMILES string of the molecule is C[C@@H](CS(=O)(=O)CCCOCn1ccc(=O)[nH]c1=O)c1cccc(OC(CF)CF)c1. The van der Waals surface area contributed by atoms with Crippen LogP contribution in [0.2, 0.25) is 0 Å². The minimum Gasteiger partial charge on any atom is -0.485 e. The predicted octanol–water partition coefficient (Wildman–Crippen LogP) is 1.81. The minimum atomic E-state index is -3.39. The van der Waals surface area contributed by atoms with Crippen molar-refractivity contribution in [3.63, 3.8) is 0 Å². The third-order valence-electron chi connectivity index (χ3n) is 4.45. The maximum Gasteiger partial charge on any atom is 0.330 e. The number of halogens is 2. The van der Waals surface area contributed by atoms with Gasteiger partial charge in [-0.15, -0.1) is 0 Å². The van der Waals surface area contributed by atoms with Crippen molar-refractivity contribution in [1.29, 1.82) is 0 Å². The van der Waals surface area contributed by atoms with Gasteiger partial charge >= 0.3 is 5.69 Å². The molecule has 0 amide bonds. The smallest absolute Gasteiger partial charge is 0.330 e. The Morgan fingerprint density at radius 1 is 1.16 bits per heavy atom. The molecule has 0 unspecified atom stereocenters. The first-order valence-electron chi connectivity index (χ1n) is 9.70. The van der Waals surface area contributed by atoms with Crippen molar-refractivity contribution in [3.8, 4) is 5.75 Å². The lowest BCUT2D eigenvalue weighted by Gasteiger charge is -2.16. The first-order valence-corrected chi connectivity index (χ1v) is 11.5. The fourth-order valence-electron chi connectivity index (χ4n) is 2.84. The highest BCUT2D eigenvalue weighted by Crippen LogP contribution is 2.23. The fourth-order valence-corrected chi connectivity index (χ4v) is 4.52. The molecule has 31 heavy (non-hydrogen) atoms. The van der Waals surface area contributed by atoms with Crippen molar-refractivity contribution in [2.75, 3.05) is 31.5 Å². The fraction of sp³-hybridized carbons (Fsp3) is 0.500. The summed E-state index contributed by atoms with van der Waals surface area (Å²) in [6.45, 7) is -0.140. The topological polar surface area (TPSA) is 107 Å². The second-order valence-electron chi connectivity index (χ2n) is 7.11. The van der Waals surface area contributed by atoms with Gasteiger partial charge in [-0.05, 0) is 30.0 Å². The Kier molecular flexibility index (Phi) is 9.38. The molecule has 0 aliphatic carbocycles. The Morgan fingerprint density at radius 3 is 2.58 bits per heavy atom. The quantitative estimate of drug-likeness (QED) is 0.457. The predicted molar refractivity (Wildman–Crippen MR) is 112 cm³/mol. The number of benzene rings is 1. The maximum absolute atomic E-state index is 12.6. The summed E-state index contributed by atoms with van der Waals surface area (Å²) < 4.78 is 61.8. The molecule has 2 rings (SSSR count). The molecule has 1 aromatic heterocycles. The number of sulfone groups is 1. The minimum absolute atomic E-state index is 0.0974. The number of nitrogens with zero attached hydrogens (tertiary/aromatic N) is 1. The molecule has 0 saturated carbocycles. The molecule has 0 aliphatic rings. The van der Waals surface area contributed by atoms with E-state index in [1.165, 1.54) is 12.3 Å². The summed E-state index contributed by atoms with van der Waals surface area (Å²) in [5.41, 5.74) is -0.432. The normalized spacial score (nSPS) is 12.8. The highest BCUT2D eigenvalue weighted by Gasteiger charge is 2.18. The lowest BCUT2D eigenvalue weighted by Crippen LogP contribution is -2.29. The van der Waals surface area contributed by atoms with Gasteiger partial charge in [-0.2, -0.15) is 0 Å². The average Bonchev–Trinajstić information content (AvgIpc) is 2.73. The molecule has 11 heteroatoms. The number of hydrogen-bond donors (Lipinski definition) is 1. The Hall–Kier alpha value is -2.53. The summed E-state index contributed by atoms with van der Waals surface area (Å²) in [6, 6.07) is 7.72. The molecule has 0 aliphatic heterocycles. The summed E-state index contributed by atoms with van der Waals surface area (Å²) in [6.07, 6.45) is 0.354. The lowest BCUT2D eigenvalue weighted by molar-refractivity contribution is 0.0745. The van der Waals surface area contributed by atoms with E-state index in [2.05, 4.69) is 4.98 Å². The van der Waals surface area contributed by atoms with Crippen LogP contribution in [0.1, 0.15) is 24.8 Å². The van der Waals surface area contributed by atoms with Crippen LogP contribution in [0.3, 0.4) is 0 Å². The van der Waals surface area contributed by atoms with Crippen molar-refractivity contribution in [2.45, 2.75) is 32.1 Å². The van der Waals surface area contributed by atoms with Gasteiger partial charge in [0.15, 0.2) is 15.9 Å². The molecule has 0 saturated heterocycles. The third-order valence-corrected chi connectivity index (χ3v) is 6.37. The van der Waals surface area contributed by atoms with Gasteiger partial charge < -0.3 is 9.47 Å². The highest BCUT2D eigenvalue weighted by molar-refractivity contribution is 7.91. The van der Waals surface area contributed by atoms with Crippen LogP contribution in [0.15, 0.2) is 46.1 Å². The van der Waals surface area contributed by atoms with E-state index in [-0.39, 0.29) is 42.9 Å². The first kappa shape index (κ1) is 24.7. The number of ether oxygens (including phenoxy) is 2. The number of aromatic nitrogens is 2.